The van der Waals surface area contributed by atoms with Gasteiger partial charge in [0.2, 0.25) is 5.88 Å². The zero-order valence-electron chi connectivity index (χ0n) is 13.5. The van der Waals surface area contributed by atoms with Crippen molar-refractivity contribution in [1.29, 1.82) is 0 Å². The van der Waals surface area contributed by atoms with E-state index in [0.29, 0.717) is 5.92 Å². The van der Waals surface area contributed by atoms with Crippen molar-refractivity contribution in [3.63, 3.8) is 0 Å². The molecule has 0 spiro atoms. The van der Waals surface area contributed by atoms with Crippen LogP contribution in [0.3, 0.4) is 0 Å². The highest BCUT2D eigenvalue weighted by molar-refractivity contribution is 5.45. The van der Waals surface area contributed by atoms with Crippen molar-refractivity contribution in [3.8, 4) is 5.88 Å². The lowest BCUT2D eigenvalue weighted by atomic mass is 9.87. The molecule has 0 radical (unpaired) electrons. The van der Waals surface area contributed by atoms with Crippen LogP contribution in [-0.2, 0) is 0 Å². The molecule has 2 heterocycles. The molecule has 1 aromatic heterocycles. The summed E-state index contributed by atoms with van der Waals surface area (Å²) in [5.41, 5.74) is 1.19. The highest BCUT2D eigenvalue weighted by Crippen LogP contribution is 2.30. The van der Waals surface area contributed by atoms with Crippen molar-refractivity contribution < 1.29 is 4.74 Å². The molecule has 0 saturated carbocycles. The highest BCUT2D eigenvalue weighted by Gasteiger charge is 2.23. The largest absolute Gasteiger partial charge is 0.481 e. The number of ether oxygens (including phenoxy) is 1. The fourth-order valence-electron chi connectivity index (χ4n) is 3.02. The molecule has 1 fully saturated rings. The van der Waals surface area contributed by atoms with Crippen molar-refractivity contribution in [2.75, 3.05) is 25.1 Å². The number of aromatic nitrogens is 1. The Bertz CT molecular complexity index is 435. The maximum atomic E-state index is 5.46. The topological polar surface area (TPSA) is 25.4 Å². The monoisotopic (exact) mass is 276 g/mol. The van der Waals surface area contributed by atoms with Gasteiger partial charge in [0.25, 0.3) is 0 Å². The van der Waals surface area contributed by atoms with E-state index in [9.17, 15) is 0 Å². The lowest BCUT2D eigenvalue weighted by Crippen LogP contribution is -2.35. The van der Waals surface area contributed by atoms with Crippen molar-refractivity contribution in [3.05, 3.63) is 17.7 Å². The number of piperidine rings is 1. The smallest absolute Gasteiger partial charge is 0.218 e. The summed E-state index contributed by atoms with van der Waals surface area (Å²) >= 11 is 0. The number of nitrogens with zero attached hydrogens (tertiary/aromatic N) is 2. The maximum absolute atomic E-state index is 5.46. The minimum absolute atomic E-state index is 0.443. The van der Waals surface area contributed by atoms with Crippen LogP contribution in [0.15, 0.2) is 12.1 Å². The second kappa shape index (κ2) is 6.47. The summed E-state index contributed by atoms with van der Waals surface area (Å²) in [6.45, 7) is 11.2. The number of anilines is 1. The number of hydrogen-bond acceptors (Lipinski definition) is 3. The molecule has 1 aliphatic heterocycles. The van der Waals surface area contributed by atoms with Gasteiger partial charge < -0.3 is 9.64 Å². The van der Waals surface area contributed by atoms with Crippen molar-refractivity contribution in [1.82, 2.24) is 4.98 Å². The van der Waals surface area contributed by atoms with Gasteiger partial charge in [0, 0.05) is 18.7 Å². The van der Waals surface area contributed by atoms with E-state index in [1.807, 2.05) is 0 Å². The van der Waals surface area contributed by atoms with E-state index in [4.69, 9.17) is 9.72 Å². The molecular formula is C17H28N2O. The lowest BCUT2D eigenvalue weighted by molar-refractivity contribution is 0.310. The number of rotatable bonds is 4. The molecule has 0 bridgehead atoms. The second-order valence-electron chi connectivity index (χ2n) is 6.49. The molecule has 3 nitrogen and oxygen atoms in total. The number of hydrogen-bond donors (Lipinski definition) is 0. The number of methoxy groups -OCH3 is 1. The van der Waals surface area contributed by atoms with Gasteiger partial charge in [-0.15, -0.1) is 0 Å². The number of pyridine rings is 1. The van der Waals surface area contributed by atoms with Gasteiger partial charge in [-0.25, -0.2) is 0 Å². The Kier molecular flexibility index (Phi) is 4.90. The van der Waals surface area contributed by atoms with E-state index in [0.717, 1.165) is 36.6 Å². The zero-order chi connectivity index (χ0) is 14.7. The molecule has 20 heavy (non-hydrogen) atoms. The summed E-state index contributed by atoms with van der Waals surface area (Å²) in [5.74, 6) is 3.95. The van der Waals surface area contributed by atoms with Gasteiger partial charge in [0.15, 0.2) is 0 Å². The van der Waals surface area contributed by atoms with Gasteiger partial charge in [-0.05, 0) is 42.7 Å². The van der Waals surface area contributed by atoms with Gasteiger partial charge in [-0.1, -0.05) is 27.7 Å². The van der Waals surface area contributed by atoms with E-state index in [1.165, 1.54) is 18.4 Å². The van der Waals surface area contributed by atoms with Crippen LogP contribution >= 0.6 is 0 Å². The Labute approximate surface area is 123 Å². The molecule has 1 saturated heterocycles. The molecule has 0 atom stereocenters. The molecule has 0 aromatic carbocycles. The SMILES string of the molecule is COc1nc(N2CCC(C(C)C)CC2)ccc1C(C)C. The van der Waals surface area contributed by atoms with Crippen LogP contribution in [0.4, 0.5) is 5.82 Å². The Hall–Kier alpha value is -1.25. The third-order valence-electron chi connectivity index (χ3n) is 4.50. The van der Waals surface area contributed by atoms with E-state index in [2.05, 4.69) is 44.7 Å². The van der Waals surface area contributed by atoms with E-state index >= 15 is 0 Å². The van der Waals surface area contributed by atoms with Gasteiger partial charge in [-0.2, -0.15) is 4.98 Å². The van der Waals surface area contributed by atoms with Crippen molar-refractivity contribution in [2.24, 2.45) is 11.8 Å². The minimum atomic E-state index is 0.443. The zero-order valence-corrected chi connectivity index (χ0v) is 13.5. The Balaban J connectivity index is 2.10. The third-order valence-corrected chi connectivity index (χ3v) is 4.50. The summed E-state index contributed by atoms with van der Waals surface area (Å²) in [6.07, 6.45) is 2.54. The highest BCUT2D eigenvalue weighted by atomic mass is 16.5. The molecule has 112 valence electrons. The lowest BCUT2D eigenvalue weighted by Gasteiger charge is -2.34. The summed E-state index contributed by atoms with van der Waals surface area (Å²) in [7, 11) is 1.71. The molecule has 0 N–H and O–H groups in total. The predicted octanol–water partition coefficient (Wildman–Crippen LogP) is 4.09. The minimum Gasteiger partial charge on any atom is -0.481 e. The average molecular weight is 276 g/mol. The van der Waals surface area contributed by atoms with Crippen LogP contribution in [0.25, 0.3) is 0 Å². The predicted molar refractivity (Wildman–Crippen MR) is 84.7 cm³/mol. The van der Waals surface area contributed by atoms with Crippen LogP contribution in [0.5, 0.6) is 5.88 Å². The molecule has 3 heteroatoms. The molecular weight excluding hydrogens is 248 g/mol. The van der Waals surface area contributed by atoms with Crippen molar-refractivity contribution in [2.45, 2.75) is 46.5 Å². The van der Waals surface area contributed by atoms with Crippen LogP contribution in [0.2, 0.25) is 0 Å². The molecule has 1 aliphatic rings. The van der Waals surface area contributed by atoms with Gasteiger partial charge in [-0.3, -0.25) is 0 Å². The molecule has 0 amide bonds. The van der Waals surface area contributed by atoms with Crippen LogP contribution in [-0.4, -0.2) is 25.2 Å². The standard InChI is InChI=1S/C17H28N2O/c1-12(2)14-8-10-19(11-9-14)16-7-6-15(13(3)4)17(18-16)20-5/h6-7,12-14H,8-11H2,1-5H3. The van der Waals surface area contributed by atoms with Gasteiger partial charge in [0.1, 0.15) is 5.82 Å². The maximum Gasteiger partial charge on any atom is 0.218 e. The summed E-state index contributed by atoms with van der Waals surface area (Å²) in [4.78, 5) is 7.10. The summed E-state index contributed by atoms with van der Waals surface area (Å²) in [6, 6.07) is 4.31. The molecule has 0 aliphatic carbocycles. The fraction of sp³-hybridized carbons (Fsp3) is 0.706. The Morgan fingerprint density at radius 2 is 1.80 bits per heavy atom. The normalized spacial score (nSPS) is 17.1. The van der Waals surface area contributed by atoms with Gasteiger partial charge in [0.05, 0.1) is 7.11 Å². The van der Waals surface area contributed by atoms with Gasteiger partial charge >= 0.3 is 0 Å². The van der Waals surface area contributed by atoms with E-state index in [-0.39, 0.29) is 0 Å². The summed E-state index contributed by atoms with van der Waals surface area (Å²) in [5, 5.41) is 0. The van der Waals surface area contributed by atoms with Crippen LogP contribution in [0, 0.1) is 11.8 Å². The Morgan fingerprint density at radius 3 is 2.30 bits per heavy atom. The molecule has 1 aromatic rings. The van der Waals surface area contributed by atoms with Crippen molar-refractivity contribution >= 4 is 5.82 Å². The second-order valence-corrected chi connectivity index (χ2v) is 6.49. The third kappa shape index (κ3) is 3.25. The van der Waals surface area contributed by atoms with E-state index < -0.39 is 0 Å². The first-order valence-corrected chi connectivity index (χ1v) is 7.82. The van der Waals surface area contributed by atoms with E-state index in [1.54, 1.807) is 7.11 Å². The first kappa shape index (κ1) is 15.1. The fourth-order valence-corrected chi connectivity index (χ4v) is 3.02. The molecule has 0 unspecified atom stereocenters. The average Bonchev–Trinajstić information content (AvgIpc) is 2.46. The Morgan fingerprint density at radius 1 is 1.15 bits per heavy atom. The quantitative estimate of drug-likeness (QED) is 0.828. The van der Waals surface area contributed by atoms with Crippen LogP contribution < -0.4 is 9.64 Å². The first-order chi connectivity index (χ1) is 9.52. The van der Waals surface area contributed by atoms with Crippen LogP contribution in [0.1, 0.15) is 52.0 Å². The summed E-state index contributed by atoms with van der Waals surface area (Å²) < 4.78 is 5.46. The first-order valence-electron chi connectivity index (χ1n) is 7.82. The molecule has 2 rings (SSSR count).